The quantitative estimate of drug-likeness (QED) is 0.171. The fourth-order valence-electron chi connectivity index (χ4n) is 5.21. The molecule has 0 saturated carbocycles. The topological polar surface area (TPSA) is 62.5 Å². The predicted octanol–water partition coefficient (Wildman–Crippen LogP) is 7.91. The first-order valence-corrected chi connectivity index (χ1v) is 13.5. The van der Waals surface area contributed by atoms with Gasteiger partial charge in [-0.1, -0.05) is 48.5 Å². The molecule has 0 amide bonds. The number of benzene rings is 4. The van der Waals surface area contributed by atoms with Gasteiger partial charge in [0.2, 0.25) is 0 Å². The van der Waals surface area contributed by atoms with E-state index in [4.69, 9.17) is 9.47 Å². The van der Waals surface area contributed by atoms with Crippen molar-refractivity contribution in [1.82, 2.24) is 9.13 Å². The van der Waals surface area contributed by atoms with E-state index < -0.39 is 0 Å². The molecule has 0 unspecified atom stereocenters. The SMILES string of the molecule is COc1ccc(-n2c(-c3ccc(C=O)cc3)ccc2-c2ccc(-c3ccc(C=O)cc3)n2-c2ccc(OC)cc2)cc1. The second kappa shape index (κ2) is 11.5. The maximum absolute atomic E-state index is 11.3. The highest BCUT2D eigenvalue weighted by Crippen LogP contribution is 2.38. The normalized spacial score (nSPS) is 10.8. The number of carbonyl (C=O) groups excluding carboxylic acids is 2. The molecule has 0 bridgehead atoms. The zero-order chi connectivity index (χ0) is 29.1. The smallest absolute Gasteiger partial charge is 0.150 e. The fourth-order valence-corrected chi connectivity index (χ4v) is 5.21. The summed E-state index contributed by atoms with van der Waals surface area (Å²) in [5.41, 5.74) is 9.04. The molecule has 2 heterocycles. The molecule has 0 aliphatic rings. The number of nitrogens with zero attached hydrogens (tertiary/aromatic N) is 2. The number of ether oxygens (including phenoxy) is 2. The van der Waals surface area contributed by atoms with E-state index in [9.17, 15) is 9.59 Å². The third-order valence-corrected chi connectivity index (χ3v) is 7.37. The van der Waals surface area contributed by atoms with Crippen LogP contribution in [-0.4, -0.2) is 35.9 Å². The molecule has 6 aromatic rings. The van der Waals surface area contributed by atoms with Crippen LogP contribution in [0.15, 0.2) is 121 Å². The first-order chi connectivity index (χ1) is 20.6. The molecule has 0 fully saturated rings. The van der Waals surface area contributed by atoms with Crippen LogP contribution in [-0.2, 0) is 0 Å². The van der Waals surface area contributed by atoms with Gasteiger partial charge in [-0.15, -0.1) is 0 Å². The second-order valence-corrected chi connectivity index (χ2v) is 9.75. The Kier molecular flexibility index (Phi) is 7.26. The van der Waals surface area contributed by atoms with Crippen LogP contribution in [0.3, 0.4) is 0 Å². The van der Waals surface area contributed by atoms with Crippen LogP contribution >= 0.6 is 0 Å². The number of carbonyl (C=O) groups is 2. The summed E-state index contributed by atoms with van der Waals surface area (Å²) in [6.45, 7) is 0. The van der Waals surface area contributed by atoms with Crippen molar-refractivity contribution < 1.29 is 19.1 Å². The Morgan fingerprint density at radius 1 is 0.429 bits per heavy atom. The third-order valence-electron chi connectivity index (χ3n) is 7.37. The van der Waals surface area contributed by atoms with E-state index in [2.05, 4.69) is 33.4 Å². The summed E-state index contributed by atoms with van der Waals surface area (Å²) in [7, 11) is 3.31. The molecule has 0 atom stereocenters. The summed E-state index contributed by atoms with van der Waals surface area (Å²) < 4.78 is 15.3. The summed E-state index contributed by atoms with van der Waals surface area (Å²) in [6.07, 6.45) is 1.70. The van der Waals surface area contributed by atoms with Crippen molar-refractivity contribution >= 4 is 12.6 Å². The number of methoxy groups -OCH3 is 2. The van der Waals surface area contributed by atoms with Crippen LogP contribution in [0.1, 0.15) is 20.7 Å². The van der Waals surface area contributed by atoms with Crippen LogP contribution in [0.2, 0.25) is 0 Å². The third kappa shape index (κ3) is 4.90. The van der Waals surface area contributed by atoms with Gasteiger partial charge in [0.1, 0.15) is 24.1 Å². The van der Waals surface area contributed by atoms with Crippen molar-refractivity contribution in [3.63, 3.8) is 0 Å². The van der Waals surface area contributed by atoms with Gasteiger partial charge in [-0.05, 0) is 83.9 Å². The van der Waals surface area contributed by atoms with Gasteiger partial charge < -0.3 is 18.6 Å². The lowest BCUT2D eigenvalue weighted by atomic mass is 10.1. The molecule has 0 aliphatic carbocycles. The average Bonchev–Trinajstić information content (AvgIpc) is 3.70. The number of rotatable bonds is 9. The van der Waals surface area contributed by atoms with Gasteiger partial charge in [0, 0.05) is 22.5 Å². The van der Waals surface area contributed by atoms with Crippen molar-refractivity contribution in [2.45, 2.75) is 0 Å². The maximum Gasteiger partial charge on any atom is 0.150 e. The fraction of sp³-hybridized carbons (Fsp3) is 0.0556. The Bertz CT molecular complexity index is 1710. The standard InChI is InChI=1S/C36H28N2O4/c1-41-31-15-11-29(12-16-31)37-33(27-7-3-25(23-39)4-8-27)19-21-35(37)36-22-20-34(28-9-5-26(24-40)6-10-28)38(36)30-13-17-32(42-2)18-14-30/h3-24H,1-2H3. The minimum atomic E-state index is 0.625. The van der Waals surface area contributed by atoms with Crippen molar-refractivity contribution in [3.05, 3.63) is 132 Å². The van der Waals surface area contributed by atoms with E-state index in [0.717, 1.165) is 69.3 Å². The molecule has 0 radical (unpaired) electrons. The van der Waals surface area contributed by atoms with Gasteiger partial charge in [0.25, 0.3) is 0 Å². The first kappa shape index (κ1) is 26.6. The lowest BCUT2D eigenvalue weighted by Gasteiger charge is -2.18. The van der Waals surface area contributed by atoms with E-state index >= 15 is 0 Å². The number of aromatic nitrogens is 2. The molecule has 0 spiro atoms. The maximum atomic E-state index is 11.3. The Balaban J connectivity index is 1.59. The molecule has 6 nitrogen and oxygen atoms in total. The zero-order valence-electron chi connectivity index (χ0n) is 23.2. The van der Waals surface area contributed by atoms with Crippen LogP contribution in [0.5, 0.6) is 11.5 Å². The van der Waals surface area contributed by atoms with Gasteiger partial charge in [0.15, 0.2) is 0 Å². The van der Waals surface area contributed by atoms with Gasteiger partial charge in [-0.3, -0.25) is 9.59 Å². The van der Waals surface area contributed by atoms with Crippen LogP contribution < -0.4 is 9.47 Å². The van der Waals surface area contributed by atoms with Crippen molar-refractivity contribution in [2.75, 3.05) is 14.2 Å². The highest BCUT2D eigenvalue weighted by Gasteiger charge is 2.20. The minimum Gasteiger partial charge on any atom is -0.497 e. The van der Waals surface area contributed by atoms with Gasteiger partial charge in [0.05, 0.1) is 37.0 Å². The molecule has 2 aromatic heterocycles. The lowest BCUT2D eigenvalue weighted by Crippen LogP contribution is -2.04. The molecule has 0 aliphatic heterocycles. The van der Waals surface area contributed by atoms with Crippen LogP contribution in [0.25, 0.3) is 45.3 Å². The Morgan fingerprint density at radius 2 is 0.762 bits per heavy atom. The predicted molar refractivity (Wildman–Crippen MR) is 165 cm³/mol. The van der Waals surface area contributed by atoms with Crippen LogP contribution in [0.4, 0.5) is 0 Å². The van der Waals surface area contributed by atoms with Crippen molar-refractivity contribution in [2.24, 2.45) is 0 Å². The van der Waals surface area contributed by atoms with E-state index in [1.165, 1.54) is 0 Å². The van der Waals surface area contributed by atoms with E-state index in [1.54, 1.807) is 14.2 Å². The molecule has 0 saturated heterocycles. The molecular weight excluding hydrogens is 524 g/mol. The number of aldehydes is 2. The van der Waals surface area contributed by atoms with E-state index in [0.29, 0.717) is 11.1 Å². The minimum absolute atomic E-state index is 0.625. The molecule has 6 rings (SSSR count). The highest BCUT2D eigenvalue weighted by molar-refractivity contribution is 5.81. The number of hydrogen-bond donors (Lipinski definition) is 0. The van der Waals surface area contributed by atoms with Gasteiger partial charge >= 0.3 is 0 Å². The summed E-state index contributed by atoms with van der Waals surface area (Å²) in [5.74, 6) is 1.54. The van der Waals surface area contributed by atoms with E-state index in [-0.39, 0.29) is 0 Å². The Hall–Kier alpha value is -5.62. The zero-order valence-corrected chi connectivity index (χ0v) is 23.2. The van der Waals surface area contributed by atoms with E-state index in [1.807, 2.05) is 97.1 Å². The lowest BCUT2D eigenvalue weighted by molar-refractivity contribution is 0.111. The summed E-state index contributed by atoms with van der Waals surface area (Å²) >= 11 is 0. The number of hydrogen-bond acceptors (Lipinski definition) is 4. The Labute approximate surface area is 244 Å². The van der Waals surface area contributed by atoms with Gasteiger partial charge in [-0.25, -0.2) is 0 Å². The molecule has 4 aromatic carbocycles. The first-order valence-electron chi connectivity index (χ1n) is 13.5. The Morgan fingerprint density at radius 3 is 1.07 bits per heavy atom. The molecule has 0 N–H and O–H groups in total. The van der Waals surface area contributed by atoms with Gasteiger partial charge in [-0.2, -0.15) is 0 Å². The summed E-state index contributed by atoms with van der Waals surface area (Å²) in [4.78, 5) is 22.6. The molecule has 206 valence electrons. The highest BCUT2D eigenvalue weighted by atomic mass is 16.5. The van der Waals surface area contributed by atoms with Crippen molar-refractivity contribution in [1.29, 1.82) is 0 Å². The second-order valence-electron chi connectivity index (χ2n) is 9.75. The average molecular weight is 553 g/mol. The molecular formula is C36H28N2O4. The molecule has 6 heteroatoms. The summed E-state index contributed by atoms with van der Waals surface area (Å²) in [6, 6.07) is 39.5. The largest absolute Gasteiger partial charge is 0.497 e. The van der Waals surface area contributed by atoms with Crippen LogP contribution in [0, 0.1) is 0 Å². The van der Waals surface area contributed by atoms with Crippen molar-refractivity contribution in [3.8, 4) is 56.8 Å². The summed E-state index contributed by atoms with van der Waals surface area (Å²) in [5, 5.41) is 0. The molecule has 42 heavy (non-hydrogen) atoms. The monoisotopic (exact) mass is 552 g/mol.